The summed E-state index contributed by atoms with van der Waals surface area (Å²) in [4.78, 5) is 4.48. The number of rotatable bonds is 2. The lowest BCUT2D eigenvalue weighted by Crippen LogP contribution is -2.39. The molecule has 0 atom stereocenters. The molecular weight excluding hydrogens is 208 g/mol. The molecule has 2 aliphatic rings. The van der Waals surface area contributed by atoms with Crippen LogP contribution in [0.2, 0.25) is 0 Å². The van der Waals surface area contributed by atoms with Crippen molar-refractivity contribution in [1.82, 2.24) is 5.32 Å². The first kappa shape index (κ1) is 11.3. The Bertz CT molecular complexity index is 237. The molecule has 4 heteroatoms. The van der Waals surface area contributed by atoms with Gasteiger partial charge >= 0.3 is 0 Å². The number of nitrogens with zero attached hydrogens (tertiary/aromatic N) is 1. The van der Waals surface area contributed by atoms with Crippen molar-refractivity contribution in [3.63, 3.8) is 0 Å². The molecule has 0 aromatic heterocycles. The summed E-state index contributed by atoms with van der Waals surface area (Å²) in [7, 11) is 0. The zero-order chi connectivity index (χ0) is 10.6. The van der Waals surface area contributed by atoms with E-state index in [2.05, 4.69) is 17.2 Å². The summed E-state index contributed by atoms with van der Waals surface area (Å²) in [5.41, 5.74) is 0.402. The Hall–Kier alpha value is -0.220. The highest BCUT2D eigenvalue weighted by atomic mass is 32.2. The molecule has 15 heavy (non-hydrogen) atoms. The Labute approximate surface area is 96.1 Å². The van der Waals surface area contributed by atoms with Crippen LogP contribution in [-0.2, 0) is 4.74 Å². The molecule has 2 aliphatic heterocycles. The molecule has 0 unspecified atom stereocenters. The topological polar surface area (TPSA) is 33.6 Å². The predicted molar refractivity (Wildman–Crippen MR) is 65.5 cm³/mol. The number of amidine groups is 1. The van der Waals surface area contributed by atoms with Gasteiger partial charge < -0.3 is 10.1 Å². The lowest BCUT2D eigenvalue weighted by atomic mass is 9.82. The van der Waals surface area contributed by atoms with Crippen LogP contribution in [0.4, 0.5) is 0 Å². The van der Waals surface area contributed by atoms with Crippen molar-refractivity contribution in [3.05, 3.63) is 0 Å². The fourth-order valence-electron chi connectivity index (χ4n) is 1.90. The third kappa shape index (κ3) is 3.38. The molecule has 0 bridgehead atoms. The minimum Gasteiger partial charge on any atom is -0.381 e. The molecule has 0 radical (unpaired) electrons. The summed E-state index contributed by atoms with van der Waals surface area (Å²) < 4.78 is 5.39. The highest BCUT2D eigenvalue weighted by molar-refractivity contribution is 8.13. The summed E-state index contributed by atoms with van der Waals surface area (Å²) >= 11 is 1.86. The highest BCUT2D eigenvalue weighted by Crippen LogP contribution is 2.29. The maximum atomic E-state index is 5.39. The molecule has 0 aromatic carbocycles. The second-order valence-corrected chi connectivity index (χ2v) is 5.75. The van der Waals surface area contributed by atoms with E-state index in [1.165, 1.54) is 12.2 Å². The fourth-order valence-corrected chi connectivity index (χ4v) is 2.72. The normalized spacial score (nSPS) is 25.8. The van der Waals surface area contributed by atoms with Crippen LogP contribution < -0.4 is 5.32 Å². The first-order valence-electron chi connectivity index (χ1n) is 5.77. The van der Waals surface area contributed by atoms with E-state index in [0.717, 1.165) is 44.3 Å². The number of hydrogen-bond acceptors (Lipinski definition) is 4. The summed E-state index contributed by atoms with van der Waals surface area (Å²) in [5.74, 6) is 1.21. The van der Waals surface area contributed by atoms with Gasteiger partial charge in [0.2, 0.25) is 0 Å². The van der Waals surface area contributed by atoms with Crippen molar-refractivity contribution in [2.45, 2.75) is 26.2 Å². The van der Waals surface area contributed by atoms with Crippen LogP contribution in [0.25, 0.3) is 0 Å². The molecule has 2 heterocycles. The molecule has 0 amide bonds. The van der Waals surface area contributed by atoms with E-state index in [-0.39, 0.29) is 0 Å². The second-order valence-electron chi connectivity index (χ2n) is 4.67. The van der Waals surface area contributed by atoms with Gasteiger partial charge in [0.25, 0.3) is 0 Å². The van der Waals surface area contributed by atoms with Crippen molar-refractivity contribution >= 4 is 16.9 Å². The molecular formula is C11H20N2OS. The lowest BCUT2D eigenvalue weighted by Gasteiger charge is -2.34. The monoisotopic (exact) mass is 228 g/mol. The molecule has 1 N–H and O–H groups in total. The Kier molecular flexibility index (Phi) is 3.92. The highest BCUT2D eigenvalue weighted by Gasteiger charge is 2.27. The van der Waals surface area contributed by atoms with Gasteiger partial charge in [-0.25, -0.2) is 0 Å². The van der Waals surface area contributed by atoms with Crippen LogP contribution in [0.3, 0.4) is 0 Å². The van der Waals surface area contributed by atoms with E-state index in [4.69, 9.17) is 4.74 Å². The van der Waals surface area contributed by atoms with Gasteiger partial charge in [0, 0.05) is 32.1 Å². The zero-order valence-corrected chi connectivity index (χ0v) is 10.2. The lowest BCUT2D eigenvalue weighted by molar-refractivity contribution is 0.0262. The Balaban J connectivity index is 1.78. The standard InChI is InChI=1S/C11H20N2OS/c1-11(3-6-14-7-4-11)9-13-10-12-5-2-8-15-10/h2-9H2,1H3,(H,12,13). The number of ether oxygens (including phenoxy) is 1. The van der Waals surface area contributed by atoms with Gasteiger partial charge in [0.1, 0.15) is 0 Å². The summed E-state index contributed by atoms with van der Waals surface area (Å²) in [6, 6.07) is 0. The molecule has 0 aromatic rings. The van der Waals surface area contributed by atoms with Gasteiger partial charge in [-0.1, -0.05) is 18.7 Å². The van der Waals surface area contributed by atoms with Crippen LogP contribution >= 0.6 is 11.8 Å². The smallest absolute Gasteiger partial charge is 0.156 e. The van der Waals surface area contributed by atoms with Gasteiger partial charge in [-0.15, -0.1) is 0 Å². The molecule has 3 nitrogen and oxygen atoms in total. The summed E-state index contributed by atoms with van der Waals surface area (Å²) in [6.07, 6.45) is 3.55. The van der Waals surface area contributed by atoms with E-state index in [1.54, 1.807) is 0 Å². The fraction of sp³-hybridized carbons (Fsp3) is 0.909. The quantitative estimate of drug-likeness (QED) is 0.783. The molecule has 0 spiro atoms. The third-order valence-electron chi connectivity index (χ3n) is 3.16. The average molecular weight is 228 g/mol. The summed E-state index contributed by atoms with van der Waals surface area (Å²) in [6.45, 7) is 6.21. The maximum absolute atomic E-state index is 5.39. The maximum Gasteiger partial charge on any atom is 0.156 e. The Morgan fingerprint density at radius 2 is 2.27 bits per heavy atom. The van der Waals surface area contributed by atoms with E-state index >= 15 is 0 Å². The number of hydrogen-bond donors (Lipinski definition) is 1. The van der Waals surface area contributed by atoms with Gasteiger partial charge in [0.05, 0.1) is 0 Å². The minimum absolute atomic E-state index is 0.402. The van der Waals surface area contributed by atoms with Crippen molar-refractivity contribution in [2.75, 3.05) is 32.1 Å². The van der Waals surface area contributed by atoms with Gasteiger partial charge in [-0.05, 0) is 24.7 Å². The largest absolute Gasteiger partial charge is 0.381 e. The van der Waals surface area contributed by atoms with Crippen molar-refractivity contribution < 1.29 is 4.74 Å². The molecule has 0 saturated carbocycles. The molecule has 2 rings (SSSR count). The van der Waals surface area contributed by atoms with Crippen molar-refractivity contribution in [1.29, 1.82) is 0 Å². The van der Waals surface area contributed by atoms with Crippen LogP contribution in [0.5, 0.6) is 0 Å². The van der Waals surface area contributed by atoms with E-state index in [1.807, 2.05) is 11.8 Å². The van der Waals surface area contributed by atoms with Crippen LogP contribution in [-0.4, -0.2) is 37.2 Å². The first-order chi connectivity index (χ1) is 7.29. The van der Waals surface area contributed by atoms with Gasteiger partial charge in [-0.2, -0.15) is 0 Å². The molecule has 86 valence electrons. The number of aliphatic imine (C=N–C) groups is 1. The Morgan fingerprint density at radius 1 is 1.47 bits per heavy atom. The van der Waals surface area contributed by atoms with Gasteiger partial charge in [0.15, 0.2) is 5.17 Å². The predicted octanol–water partition coefficient (Wildman–Crippen LogP) is 1.89. The SMILES string of the molecule is CC1(CNC2=NCCCS2)CCOCC1. The van der Waals surface area contributed by atoms with Crippen LogP contribution in [0.1, 0.15) is 26.2 Å². The van der Waals surface area contributed by atoms with E-state index in [0.29, 0.717) is 5.41 Å². The van der Waals surface area contributed by atoms with Crippen molar-refractivity contribution in [2.24, 2.45) is 10.4 Å². The first-order valence-corrected chi connectivity index (χ1v) is 6.76. The average Bonchev–Trinajstić information content (AvgIpc) is 2.29. The van der Waals surface area contributed by atoms with E-state index < -0.39 is 0 Å². The summed E-state index contributed by atoms with van der Waals surface area (Å²) in [5, 5.41) is 4.64. The third-order valence-corrected chi connectivity index (χ3v) is 4.20. The zero-order valence-electron chi connectivity index (χ0n) is 9.42. The number of thioether (sulfide) groups is 1. The molecule has 0 aliphatic carbocycles. The molecule has 1 saturated heterocycles. The van der Waals surface area contributed by atoms with Gasteiger partial charge in [-0.3, -0.25) is 4.99 Å². The van der Waals surface area contributed by atoms with Crippen molar-refractivity contribution in [3.8, 4) is 0 Å². The minimum atomic E-state index is 0.402. The van der Waals surface area contributed by atoms with Crippen LogP contribution in [0, 0.1) is 5.41 Å². The van der Waals surface area contributed by atoms with E-state index in [9.17, 15) is 0 Å². The Morgan fingerprint density at radius 3 is 2.93 bits per heavy atom. The number of nitrogens with one attached hydrogen (secondary N) is 1. The molecule has 1 fully saturated rings. The van der Waals surface area contributed by atoms with Crippen LogP contribution in [0.15, 0.2) is 4.99 Å². The second kappa shape index (κ2) is 5.21.